The Kier molecular flexibility index (Phi) is 5.59. The van der Waals surface area contributed by atoms with Crippen molar-refractivity contribution in [3.05, 3.63) is 40.3 Å². The van der Waals surface area contributed by atoms with Crippen molar-refractivity contribution >= 4 is 17.3 Å². The van der Waals surface area contributed by atoms with Gasteiger partial charge in [0.1, 0.15) is 6.61 Å². The van der Waals surface area contributed by atoms with Crippen LogP contribution in [-0.4, -0.2) is 40.8 Å². The number of piperidine rings is 1. The average molecular weight is 328 g/mol. The Morgan fingerprint density at radius 2 is 2.26 bits per heavy atom. The maximum atomic E-state index is 8.73. The van der Waals surface area contributed by atoms with Crippen molar-refractivity contribution in [2.45, 2.75) is 25.4 Å². The van der Waals surface area contributed by atoms with E-state index in [1.54, 1.807) is 23.7 Å². The van der Waals surface area contributed by atoms with Crippen molar-refractivity contribution in [1.82, 2.24) is 15.3 Å². The van der Waals surface area contributed by atoms with E-state index in [4.69, 9.17) is 5.11 Å². The SMILES string of the molecule is OCC#Cc1csc(CN[C@H]2CCCN(c3ncccn3)C2)c1. The van der Waals surface area contributed by atoms with Crippen LogP contribution in [0.3, 0.4) is 0 Å². The third-order valence-corrected chi connectivity index (χ3v) is 4.72. The van der Waals surface area contributed by atoms with Gasteiger partial charge in [-0.25, -0.2) is 9.97 Å². The van der Waals surface area contributed by atoms with E-state index in [0.29, 0.717) is 6.04 Å². The average Bonchev–Trinajstić information content (AvgIpc) is 3.07. The summed E-state index contributed by atoms with van der Waals surface area (Å²) in [6, 6.07) is 4.37. The Bertz CT molecular complexity index is 677. The van der Waals surface area contributed by atoms with E-state index in [1.807, 2.05) is 11.4 Å². The first-order valence-electron chi connectivity index (χ1n) is 7.77. The number of hydrogen-bond acceptors (Lipinski definition) is 6. The molecule has 2 aromatic heterocycles. The molecule has 0 spiro atoms. The molecule has 0 saturated carbocycles. The van der Waals surface area contributed by atoms with E-state index < -0.39 is 0 Å². The Hall–Kier alpha value is -1.94. The van der Waals surface area contributed by atoms with E-state index in [9.17, 15) is 0 Å². The van der Waals surface area contributed by atoms with Crippen LogP contribution >= 0.6 is 11.3 Å². The summed E-state index contributed by atoms with van der Waals surface area (Å²) in [5, 5.41) is 14.4. The number of hydrogen-bond donors (Lipinski definition) is 2. The van der Waals surface area contributed by atoms with Gasteiger partial charge in [0.2, 0.25) is 5.95 Å². The van der Waals surface area contributed by atoms with Gasteiger partial charge in [0.15, 0.2) is 0 Å². The molecule has 23 heavy (non-hydrogen) atoms. The van der Waals surface area contributed by atoms with Gasteiger partial charge in [0.05, 0.1) is 0 Å². The Morgan fingerprint density at radius 3 is 3.09 bits per heavy atom. The van der Waals surface area contributed by atoms with Gasteiger partial charge in [-0.15, -0.1) is 11.3 Å². The van der Waals surface area contributed by atoms with Crippen LogP contribution in [0.15, 0.2) is 29.9 Å². The Labute approximate surface area is 140 Å². The molecule has 1 fully saturated rings. The zero-order valence-corrected chi connectivity index (χ0v) is 13.7. The topological polar surface area (TPSA) is 61.3 Å². The molecule has 0 aromatic carbocycles. The molecule has 2 N–H and O–H groups in total. The minimum Gasteiger partial charge on any atom is -0.384 e. The minimum absolute atomic E-state index is 0.0943. The molecule has 0 amide bonds. The van der Waals surface area contributed by atoms with E-state index in [2.05, 4.69) is 38.1 Å². The number of thiophene rings is 1. The highest BCUT2D eigenvalue weighted by Crippen LogP contribution is 2.17. The molecule has 5 nitrogen and oxygen atoms in total. The lowest BCUT2D eigenvalue weighted by Gasteiger charge is -2.33. The van der Waals surface area contributed by atoms with Gasteiger partial charge in [0, 0.05) is 53.9 Å². The largest absolute Gasteiger partial charge is 0.384 e. The van der Waals surface area contributed by atoms with E-state index >= 15 is 0 Å². The second-order valence-corrected chi connectivity index (χ2v) is 6.47. The Balaban J connectivity index is 1.53. The zero-order valence-electron chi connectivity index (χ0n) is 12.9. The molecule has 0 radical (unpaired) electrons. The second-order valence-electron chi connectivity index (χ2n) is 5.48. The number of rotatable bonds is 4. The van der Waals surface area contributed by atoms with Gasteiger partial charge in [-0.3, -0.25) is 0 Å². The lowest BCUT2D eigenvalue weighted by Crippen LogP contribution is -2.46. The minimum atomic E-state index is -0.0943. The third kappa shape index (κ3) is 4.52. The number of aliphatic hydroxyl groups excluding tert-OH is 1. The standard InChI is InChI=1S/C17H20N4OS/c22-9-2-4-14-10-16(23-13-14)11-20-15-5-1-8-21(12-15)17-18-6-3-7-19-17/h3,6-7,10,13,15,20,22H,1,5,8-9,11-12H2/t15-/m0/s1. The number of nitrogens with one attached hydrogen (secondary N) is 1. The van der Waals surface area contributed by atoms with Crippen molar-refractivity contribution in [3.63, 3.8) is 0 Å². The van der Waals surface area contributed by atoms with Gasteiger partial charge in [-0.2, -0.15) is 0 Å². The monoisotopic (exact) mass is 328 g/mol. The molecule has 3 rings (SSSR count). The summed E-state index contributed by atoms with van der Waals surface area (Å²) in [6.07, 6.45) is 5.90. The molecule has 2 aromatic rings. The highest BCUT2D eigenvalue weighted by atomic mass is 32.1. The lowest BCUT2D eigenvalue weighted by molar-refractivity contribution is 0.350. The van der Waals surface area contributed by atoms with Crippen LogP contribution in [0.25, 0.3) is 0 Å². The summed E-state index contributed by atoms with van der Waals surface area (Å²) >= 11 is 1.70. The number of aliphatic hydroxyl groups is 1. The molecule has 1 aliphatic heterocycles. The van der Waals surface area contributed by atoms with Crippen molar-refractivity contribution < 1.29 is 5.11 Å². The third-order valence-electron chi connectivity index (χ3n) is 3.79. The lowest BCUT2D eigenvalue weighted by atomic mass is 10.1. The van der Waals surface area contributed by atoms with Crippen LogP contribution in [-0.2, 0) is 6.54 Å². The molecule has 1 atom stereocenters. The second kappa shape index (κ2) is 8.06. The van der Waals surface area contributed by atoms with Crippen LogP contribution in [0.2, 0.25) is 0 Å². The normalized spacial score (nSPS) is 17.6. The first-order chi connectivity index (χ1) is 11.3. The van der Waals surface area contributed by atoms with Crippen LogP contribution in [0.5, 0.6) is 0 Å². The van der Waals surface area contributed by atoms with E-state index in [1.165, 1.54) is 11.3 Å². The summed E-state index contributed by atoms with van der Waals surface area (Å²) in [5.74, 6) is 6.43. The summed E-state index contributed by atoms with van der Waals surface area (Å²) in [5.41, 5.74) is 0.976. The van der Waals surface area contributed by atoms with Crippen molar-refractivity contribution in [2.24, 2.45) is 0 Å². The first-order valence-corrected chi connectivity index (χ1v) is 8.65. The smallest absolute Gasteiger partial charge is 0.225 e. The number of anilines is 1. The van der Waals surface area contributed by atoms with Gasteiger partial charge < -0.3 is 15.3 Å². The molecule has 3 heterocycles. The summed E-state index contributed by atoms with van der Waals surface area (Å²) in [6.45, 7) is 2.71. The van der Waals surface area contributed by atoms with Crippen LogP contribution < -0.4 is 10.2 Å². The van der Waals surface area contributed by atoms with Crippen LogP contribution in [0.4, 0.5) is 5.95 Å². The maximum Gasteiger partial charge on any atom is 0.225 e. The van der Waals surface area contributed by atoms with E-state index in [0.717, 1.165) is 37.6 Å². The molecule has 120 valence electrons. The molecule has 0 unspecified atom stereocenters. The molecule has 6 heteroatoms. The van der Waals surface area contributed by atoms with E-state index in [-0.39, 0.29) is 6.61 Å². The fourth-order valence-electron chi connectivity index (χ4n) is 2.71. The fourth-order valence-corrected chi connectivity index (χ4v) is 3.47. The van der Waals surface area contributed by atoms with Gasteiger partial charge in [-0.1, -0.05) is 11.8 Å². The van der Waals surface area contributed by atoms with Gasteiger partial charge in [0.25, 0.3) is 0 Å². The fraction of sp³-hybridized carbons (Fsp3) is 0.412. The van der Waals surface area contributed by atoms with Gasteiger partial charge in [-0.05, 0) is 25.0 Å². The van der Waals surface area contributed by atoms with Crippen molar-refractivity contribution in [1.29, 1.82) is 0 Å². The molecule has 0 aliphatic carbocycles. The predicted molar refractivity (Wildman–Crippen MR) is 92.4 cm³/mol. The molecular weight excluding hydrogens is 308 g/mol. The molecule has 0 bridgehead atoms. The van der Waals surface area contributed by atoms with Crippen molar-refractivity contribution in [2.75, 3.05) is 24.6 Å². The summed E-state index contributed by atoms with van der Waals surface area (Å²) < 4.78 is 0. The highest BCUT2D eigenvalue weighted by Gasteiger charge is 2.21. The predicted octanol–water partition coefficient (Wildman–Crippen LogP) is 1.64. The highest BCUT2D eigenvalue weighted by molar-refractivity contribution is 7.10. The van der Waals surface area contributed by atoms with Gasteiger partial charge >= 0.3 is 0 Å². The quantitative estimate of drug-likeness (QED) is 0.836. The van der Waals surface area contributed by atoms with Crippen LogP contribution in [0, 0.1) is 11.8 Å². The molecule has 1 saturated heterocycles. The zero-order chi connectivity index (χ0) is 15.9. The summed E-state index contributed by atoms with van der Waals surface area (Å²) in [7, 11) is 0. The Morgan fingerprint density at radius 1 is 1.39 bits per heavy atom. The first kappa shape index (κ1) is 15.9. The maximum absolute atomic E-state index is 8.73. The molecular formula is C17H20N4OS. The number of aromatic nitrogens is 2. The molecule has 1 aliphatic rings. The summed E-state index contributed by atoms with van der Waals surface area (Å²) in [4.78, 5) is 12.2. The number of nitrogens with zero attached hydrogens (tertiary/aromatic N) is 3. The van der Waals surface area contributed by atoms with Crippen molar-refractivity contribution in [3.8, 4) is 11.8 Å². The van der Waals surface area contributed by atoms with Crippen LogP contribution in [0.1, 0.15) is 23.3 Å².